The first-order chi connectivity index (χ1) is 24.4. The Morgan fingerprint density at radius 2 is 1.71 bits per heavy atom. The number of likely N-dealkylation sites (N-methyl/N-ethyl adjacent to an activating group) is 1. The third-order valence-corrected chi connectivity index (χ3v) is 15.1. The van der Waals surface area contributed by atoms with E-state index in [1.165, 1.54) is 0 Å². The summed E-state index contributed by atoms with van der Waals surface area (Å²) in [6.07, 6.45) is -0.569. The lowest BCUT2D eigenvalue weighted by atomic mass is 9.82. The Bertz CT molecular complexity index is 1900. The number of carbonyl (C=O) groups is 3. The standard InChI is InChI=1S/C40H46N4O6Si/c1-26-37(51(4,5)32-18-16-31(49-3)17-19-32)35(24-36(46)44(21-22-45)25-27-9-7-6-8-10-27)50-40(26)33-23-30(15-20-34(33)43(2)39(40)48)42-38(47)28-11-13-29(41)14-12-28/h6-20,23,26,35,37,45H,21-22,24-25,41H2,1-5H3,(H,42,47)/t26-,35+,37-,40+/m0/s1. The van der Waals surface area contributed by atoms with E-state index in [-0.39, 0.29) is 48.8 Å². The molecule has 6 rings (SSSR count). The Morgan fingerprint density at radius 3 is 2.35 bits per heavy atom. The van der Waals surface area contributed by atoms with Crippen LogP contribution in [0.2, 0.25) is 18.6 Å². The molecule has 266 valence electrons. The minimum Gasteiger partial charge on any atom is -0.497 e. The predicted molar refractivity (Wildman–Crippen MR) is 202 cm³/mol. The molecule has 1 saturated heterocycles. The molecule has 10 nitrogen and oxygen atoms in total. The van der Waals surface area contributed by atoms with E-state index < -0.39 is 19.8 Å². The van der Waals surface area contributed by atoms with Crippen molar-refractivity contribution >= 4 is 48.0 Å². The SMILES string of the molecule is COc1ccc([Si](C)(C)[C@@H]2[C@@H](CC(=O)N(CCO)Cc3ccccc3)O[C@]3(C(=O)N(C)c4ccc(NC(=O)c5ccc(N)cc5)cc43)[C@H]2C)cc1. The average molecular weight is 707 g/mol. The van der Waals surface area contributed by atoms with Crippen molar-refractivity contribution < 1.29 is 29.0 Å². The molecule has 0 unspecified atom stereocenters. The van der Waals surface area contributed by atoms with Gasteiger partial charge in [-0.25, -0.2) is 0 Å². The van der Waals surface area contributed by atoms with Crippen LogP contribution in [0.3, 0.4) is 0 Å². The molecule has 0 bridgehead atoms. The van der Waals surface area contributed by atoms with Crippen LogP contribution < -0.4 is 25.9 Å². The van der Waals surface area contributed by atoms with Gasteiger partial charge in [0.2, 0.25) is 5.91 Å². The topological polar surface area (TPSA) is 134 Å². The van der Waals surface area contributed by atoms with Gasteiger partial charge >= 0.3 is 0 Å². The maximum absolute atomic E-state index is 14.6. The maximum Gasteiger partial charge on any atom is 0.264 e. The number of ether oxygens (including phenoxy) is 2. The number of nitrogens with one attached hydrogen (secondary N) is 1. The number of nitrogens with two attached hydrogens (primary N) is 1. The first-order valence-electron chi connectivity index (χ1n) is 17.2. The molecule has 4 N–H and O–H groups in total. The number of benzene rings is 4. The zero-order valence-corrected chi connectivity index (χ0v) is 30.8. The zero-order valence-electron chi connectivity index (χ0n) is 29.8. The molecule has 4 aromatic carbocycles. The van der Waals surface area contributed by atoms with Crippen LogP contribution in [0.1, 0.15) is 34.8 Å². The summed E-state index contributed by atoms with van der Waals surface area (Å²) in [6, 6.07) is 29.8. The quantitative estimate of drug-likeness (QED) is 0.145. The van der Waals surface area contributed by atoms with Gasteiger partial charge in [-0.15, -0.1) is 0 Å². The Morgan fingerprint density at radius 1 is 1.02 bits per heavy atom. The Balaban J connectivity index is 1.40. The minimum atomic E-state index is -2.51. The Kier molecular flexibility index (Phi) is 10.1. The van der Waals surface area contributed by atoms with Crippen LogP contribution in [0, 0.1) is 5.92 Å². The van der Waals surface area contributed by atoms with Crippen molar-refractivity contribution in [3.8, 4) is 5.75 Å². The third kappa shape index (κ3) is 6.64. The van der Waals surface area contributed by atoms with Crippen LogP contribution in [0.25, 0.3) is 0 Å². The fraction of sp³-hybridized carbons (Fsp3) is 0.325. The lowest BCUT2D eigenvalue weighted by molar-refractivity contribution is -0.149. The van der Waals surface area contributed by atoms with Crippen molar-refractivity contribution in [1.82, 2.24) is 4.90 Å². The van der Waals surface area contributed by atoms with Crippen molar-refractivity contribution in [2.45, 2.75) is 50.2 Å². The molecule has 1 fully saturated rings. The summed E-state index contributed by atoms with van der Waals surface area (Å²) in [5.41, 5.74) is 8.11. The average Bonchev–Trinajstić information content (AvgIpc) is 3.54. The van der Waals surface area contributed by atoms with Crippen molar-refractivity contribution in [1.29, 1.82) is 0 Å². The summed E-state index contributed by atoms with van der Waals surface area (Å²) >= 11 is 0. The number of aliphatic hydroxyl groups is 1. The van der Waals surface area contributed by atoms with E-state index in [4.69, 9.17) is 15.2 Å². The first-order valence-corrected chi connectivity index (χ1v) is 20.3. The molecule has 4 aromatic rings. The summed E-state index contributed by atoms with van der Waals surface area (Å²) in [6.45, 7) is 6.92. The largest absolute Gasteiger partial charge is 0.497 e. The monoisotopic (exact) mass is 706 g/mol. The van der Waals surface area contributed by atoms with Crippen LogP contribution in [0.4, 0.5) is 17.1 Å². The van der Waals surface area contributed by atoms with Gasteiger partial charge in [-0.05, 0) is 65.7 Å². The number of carbonyl (C=O) groups excluding carboxylic acids is 3. The second-order valence-electron chi connectivity index (χ2n) is 14.1. The highest BCUT2D eigenvalue weighted by Crippen LogP contribution is 2.60. The number of methoxy groups -OCH3 is 1. The van der Waals surface area contributed by atoms with Gasteiger partial charge < -0.3 is 35.4 Å². The van der Waals surface area contributed by atoms with Crippen LogP contribution in [0.5, 0.6) is 5.75 Å². The Labute approximate surface area is 300 Å². The van der Waals surface area contributed by atoms with Gasteiger partial charge in [0, 0.05) is 48.6 Å². The number of fused-ring (bicyclic) bond motifs is 2. The summed E-state index contributed by atoms with van der Waals surface area (Å²) in [5.74, 6) is -0.256. The number of rotatable bonds is 11. The van der Waals surface area contributed by atoms with Gasteiger partial charge in [0.05, 0.1) is 40.0 Å². The van der Waals surface area contributed by atoms with E-state index >= 15 is 0 Å². The van der Waals surface area contributed by atoms with Crippen molar-refractivity contribution in [2.75, 3.05) is 43.3 Å². The number of nitrogen functional groups attached to an aromatic ring is 1. The highest BCUT2D eigenvalue weighted by molar-refractivity contribution is 6.91. The molecule has 2 aliphatic rings. The third-order valence-electron chi connectivity index (χ3n) is 10.7. The number of aliphatic hydroxyl groups excluding tert-OH is 1. The van der Waals surface area contributed by atoms with Gasteiger partial charge in [0.25, 0.3) is 11.8 Å². The molecular formula is C40H46N4O6Si. The van der Waals surface area contributed by atoms with E-state index in [0.29, 0.717) is 34.7 Å². The number of amides is 3. The molecule has 51 heavy (non-hydrogen) atoms. The molecule has 0 radical (unpaired) electrons. The lowest BCUT2D eigenvalue weighted by Crippen LogP contribution is -2.52. The summed E-state index contributed by atoms with van der Waals surface area (Å²) in [7, 11) is 0.863. The van der Waals surface area contributed by atoms with E-state index in [2.05, 4.69) is 37.5 Å². The second-order valence-corrected chi connectivity index (χ2v) is 18.7. The predicted octanol–water partition coefficient (Wildman–Crippen LogP) is 5.13. The molecule has 4 atom stereocenters. The molecule has 0 saturated carbocycles. The number of anilines is 3. The highest BCUT2D eigenvalue weighted by Gasteiger charge is 2.66. The van der Waals surface area contributed by atoms with Crippen LogP contribution in [-0.2, 0) is 26.5 Å². The molecule has 11 heteroatoms. The van der Waals surface area contributed by atoms with Gasteiger partial charge in [-0.1, -0.05) is 67.7 Å². The van der Waals surface area contributed by atoms with Crippen LogP contribution >= 0.6 is 0 Å². The normalized spacial score (nSPS) is 21.1. The number of hydrogen-bond acceptors (Lipinski definition) is 7. The summed E-state index contributed by atoms with van der Waals surface area (Å²) in [4.78, 5) is 45.3. The fourth-order valence-corrected chi connectivity index (χ4v) is 12.1. The lowest BCUT2D eigenvalue weighted by Gasteiger charge is -2.37. The van der Waals surface area contributed by atoms with E-state index in [1.54, 1.807) is 54.3 Å². The smallest absolute Gasteiger partial charge is 0.264 e. The minimum absolute atomic E-state index is 0.0378. The van der Waals surface area contributed by atoms with Gasteiger partial charge in [-0.2, -0.15) is 0 Å². The van der Waals surface area contributed by atoms with Crippen molar-refractivity contribution in [3.05, 3.63) is 114 Å². The summed E-state index contributed by atoms with van der Waals surface area (Å²) in [5, 5.41) is 14.1. The van der Waals surface area contributed by atoms with Crippen LogP contribution in [-0.4, -0.2) is 69.2 Å². The number of hydrogen-bond donors (Lipinski definition) is 3. The van der Waals surface area contributed by atoms with Gasteiger partial charge in [0.1, 0.15) is 5.75 Å². The number of nitrogens with zero attached hydrogens (tertiary/aromatic N) is 2. The molecule has 3 amide bonds. The molecule has 0 aliphatic carbocycles. The Hall–Kier alpha value is -4.97. The van der Waals surface area contributed by atoms with Gasteiger partial charge in [0.15, 0.2) is 5.60 Å². The second kappa shape index (κ2) is 14.3. The molecule has 0 aromatic heterocycles. The first kappa shape index (κ1) is 35.8. The van der Waals surface area contributed by atoms with Gasteiger partial charge in [-0.3, -0.25) is 14.4 Å². The van der Waals surface area contributed by atoms with E-state index in [1.807, 2.05) is 54.6 Å². The molecule has 1 spiro atoms. The zero-order chi connectivity index (χ0) is 36.5. The maximum atomic E-state index is 14.6. The molecule has 2 heterocycles. The van der Waals surface area contributed by atoms with Crippen molar-refractivity contribution in [3.63, 3.8) is 0 Å². The molecule has 2 aliphatic heterocycles. The van der Waals surface area contributed by atoms with E-state index in [9.17, 15) is 19.5 Å². The van der Waals surface area contributed by atoms with E-state index in [0.717, 1.165) is 16.5 Å². The van der Waals surface area contributed by atoms with Crippen molar-refractivity contribution in [2.24, 2.45) is 5.92 Å². The fourth-order valence-electron chi connectivity index (χ4n) is 8.05. The van der Waals surface area contributed by atoms with Crippen LogP contribution in [0.15, 0.2) is 97.1 Å². The summed E-state index contributed by atoms with van der Waals surface area (Å²) < 4.78 is 12.5. The highest BCUT2D eigenvalue weighted by atomic mass is 28.3. The molecular weight excluding hydrogens is 661 g/mol.